The second kappa shape index (κ2) is 11.3. The molecule has 2 fully saturated rings. The molecular formula is C36H40N8OSi. The Hall–Kier alpha value is -4.62. The van der Waals surface area contributed by atoms with Gasteiger partial charge < -0.3 is 15.6 Å². The van der Waals surface area contributed by atoms with Crippen LogP contribution in [-0.4, -0.2) is 49.0 Å². The first kappa shape index (κ1) is 30.1. The number of rotatable bonds is 7. The van der Waals surface area contributed by atoms with Crippen molar-refractivity contribution < 1.29 is 4.79 Å². The van der Waals surface area contributed by atoms with Crippen molar-refractivity contribution in [2.75, 3.05) is 5.73 Å². The van der Waals surface area contributed by atoms with Crippen LogP contribution in [0.15, 0.2) is 55.2 Å². The molecule has 2 saturated carbocycles. The second-order valence-corrected chi connectivity index (χ2v) is 18.1. The lowest BCUT2D eigenvalue weighted by Gasteiger charge is -2.31. The minimum Gasteiger partial charge on any atom is -0.383 e. The molecule has 46 heavy (non-hydrogen) atoms. The Kier molecular flexibility index (Phi) is 7.39. The summed E-state index contributed by atoms with van der Waals surface area (Å²) >= 11 is 0. The number of para-hydroxylation sites is 1. The van der Waals surface area contributed by atoms with Crippen LogP contribution in [0.25, 0.3) is 33.1 Å². The molecule has 0 radical (unpaired) electrons. The van der Waals surface area contributed by atoms with Crippen LogP contribution in [-0.2, 0) is 5.54 Å². The van der Waals surface area contributed by atoms with Crippen LogP contribution < -0.4 is 11.1 Å². The van der Waals surface area contributed by atoms with Gasteiger partial charge >= 0.3 is 0 Å². The van der Waals surface area contributed by atoms with Gasteiger partial charge in [-0.05, 0) is 69.3 Å². The number of benzene rings is 1. The van der Waals surface area contributed by atoms with Crippen LogP contribution in [0.5, 0.6) is 0 Å². The fourth-order valence-corrected chi connectivity index (χ4v) is 10.3. The molecule has 4 heterocycles. The first-order valence-corrected chi connectivity index (χ1v) is 19.0. The van der Waals surface area contributed by atoms with Gasteiger partial charge in [-0.2, -0.15) is 0 Å². The molecule has 3 N–H and O–H groups in total. The summed E-state index contributed by atoms with van der Waals surface area (Å²) in [5, 5.41) is 5.25. The Labute approximate surface area is 270 Å². The van der Waals surface area contributed by atoms with Crippen molar-refractivity contribution in [2.45, 2.75) is 89.0 Å². The first-order valence-electron chi connectivity index (χ1n) is 16.4. The highest BCUT2D eigenvalue weighted by Crippen LogP contribution is 2.57. The Morgan fingerprint density at radius 1 is 0.978 bits per heavy atom. The number of carbonyl (C=O) groups is 1. The molecule has 2 bridgehead atoms. The van der Waals surface area contributed by atoms with Crippen LogP contribution in [0.3, 0.4) is 0 Å². The molecule has 0 aliphatic heterocycles. The third kappa shape index (κ3) is 4.85. The number of nitrogen functional groups attached to an aromatic ring is 1. The zero-order valence-corrected chi connectivity index (χ0v) is 28.0. The largest absolute Gasteiger partial charge is 0.383 e. The number of nitrogens with one attached hydrogen (secondary N) is 1. The van der Waals surface area contributed by atoms with Crippen LogP contribution >= 0.6 is 0 Å². The topological polar surface area (TPSA) is 124 Å². The van der Waals surface area contributed by atoms with Crippen molar-refractivity contribution in [2.24, 2.45) is 0 Å². The van der Waals surface area contributed by atoms with Gasteiger partial charge in [0.25, 0.3) is 5.91 Å². The number of nitrogens with zero attached hydrogens (tertiary/aromatic N) is 6. The van der Waals surface area contributed by atoms with E-state index in [1.54, 1.807) is 18.7 Å². The first-order chi connectivity index (χ1) is 22.2. The molecule has 10 heteroatoms. The summed E-state index contributed by atoms with van der Waals surface area (Å²) in [6, 6.07) is 13.6. The lowest BCUT2D eigenvalue weighted by Crippen LogP contribution is -2.45. The Bertz CT molecular complexity index is 2020. The molecular weight excluding hydrogens is 589 g/mol. The molecule has 5 aromatic rings. The third-order valence-electron chi connectivity index (χ3n) is 10.8. The van der Waals surface area contributed by atoms with Gasteiger partial charge in [0.1, 0.15) is 37.3 Å². The Balaban J connectivity index is 1.42. The van der Waals surface area contributed by atoms with Crippen molar-refractivity contribution in [3.8, 4) is 22.6 Å². The summed E-state index contributed by atoms with van der Waals surface area (Å²) in [6.07, 6.45) is 11.0. The van der Waals surface area contributed by atoms with Gasteiger partial charge in [-0.15, -0.1) is 5.54 Å². The van der Waals surface area contributed by atoms with Gasteiger partial charge in [-0.3, -0.25) is 14.8 Å². The minimum absolute atomic E-state index is 0.179. The average molecular weight is 629 g/mol. The SMILES string of the molecule is CC[Si](C#Cc1c(-c2cnc3ccccc3c2)c2c(N)ncnc2n1C12CCC(NC(=O)c3cnc(C)cn3)(CC1)C2)(CC)CC. The van der Waals surface area contributed by atoms with E-state index in [0.29, 0.717) is 11.5 Å². The lowest BCUT2D eigenvalue weighted by atomic mass is 9.90. The van der Waals surface area contributed by atoms with Crippen molar-refractivity contribution in [3.63, 3.8) is 0 Å². The number of pyridine rings is 1. The number of aromatic nitrogens is 6. The van der Waals surface area contributed by atoms with Crippen molar-refractivity contribution in [1.82, 2.24) is 34.8 Å². The van der Waals surface area contributed by atoms with Crippen LogP contribution in [0.2, 0.25) is 18.1 Å². The predicted octanol–water partition coefficient (Wildman–Crippen LogP) is 6.57. The monoisotopic (exact) mass is 628 g/mol. The summed E-state index contributed by atoms with van der Waals surface area (Å²) in [5.41, 5.74) is 15.7. The van der Waals surface area contributed by atoms with Gasteiger partial charge in [-0.1, -0.05) is 44.9 Å². The number of hydrogen-bond acceptors (Lipinski definition) is 7. The zero-order valence-electron chi connectivity index (χ0n) is 27.0. The Morgan fingerprint density at radius 3 is 2.46 bits per heavy atom. The van der Waals surface area contributed by atoms with E-state index >= 15 is 0 Å². The molecule has 234 valence electrons. The fraction of sp³-hybridized carbons (Fsp3) is 0.389. The molecule has 9 nitrogen and oxygen atoms in total. The summed E-state index contributed by atoms with van der Waals surface area (Å²) in [5.74, 6) is 4.05. The van der Waals surface area contributed by atoms with Gasteiger partial charge in [0.05, 0.1) is 22.8 Å². The second-order valence-electron chi connectivity index (χ2n) is 13.2. The summed E-state index contributed by atoms with van der Waals surface area (Å²) < 4.78 is 2.38. The number of amides is 1. The molecule has 7 rings (SSSR count). The van der Waals surface area contributed by atoms with E-state index < -0.39 is 8.07 Å². The number of carbonyl (C=O) groups excluding carboxylic acids is 1. The molecule has 1 amide bonds. The normalized spacial score (nSPS) is 20.6. The van der Waals surface area contributed by atoms with E-state index in [4.69, 9.17) is 15.7 Å². The number of fused-ring (bicyclic) bond motifs is 4. The lowest BCUT2D eigenvalue weighted by molar-refractivity contribution is 0.0895. The predicted molar refractivity (Wildman–Crippen MR) is 185 cm³/mol. The van der Waals surface area contributed by atoms with Gasteiger partial charge in [-0.25, -0.2) is 15.0 Å². The molecule has 4 aromatic heterocycles. The number of hydrogen-bond donors (Lipinski definition) is 2. The van der Waals surface area contributed by atoms with Gasteiger partial charge in [0, 0.05) is 40.0 Å². The Morgan fingerprint density at radius 2 is 1.74 bits per heavy atom. The highest BCUT2D eigenvalue weighted by atomic mass is 28.3. The zero-order chi connectivity index (χ0) is 32.1. The maximum atomic E-state index is 13.4. The molecule has 2 aliphatic carbocycles. The minimum atomic E-state index is -1.82. The summed E-state index contributed by atoms with van der Waals surface area (Å²) in [6.45, 7) is 8.71. The molecule has 0 atom stereocenters. The highest BCUT2D eigenvalue weighted by Gasteiger charge is 2.57. The van der Waals surface area contributed by atoms with Crippen LogP contribution in [0.4, 0.5) is 5.82 Å². The summed E-state index contributed by atoms with van der Waals surface area (Å²) in [7, 11) is -1.82. The van der Waals surface area contributed by atoms with E-state index in [1.807, 2.05) is 31.3 Å². The van der Waals surface area contributed by atoms with E-state index in [9.17, 15) is 4.79 Å². The van der Waals surface area contributed by atoms with E-state index in [1.165, 1.54) is 0 Å². The van der Waals surface area contributed by atoms with Crippen LogP contribution in [0, 0.1) is 18.4 Å². The van der Waals surface area contributed by atoms with Gasteiger partial charge in [0.2, 0.25) is 0 Å². The molecule has 0 saturated heterocycles. The third-order valence-corrected chi connectivity index (χ3v) is 15.5. The molecule has 0 spiro atoms. The maximum absolute atomic E-state index is 13.4. The number of anilines is 1. The quantitative estimate of drug-likeness (QED) is 0.154. The average Bonchev–Trinajstić information content (AvgIpc) is 3.74. The summed E-state index contributed by atoms with van der Waals surface area (Å²) in [4.78, 5) is 36.2. The number of nitrogens with two attached hydrogens (primary N) is 1. The van der Waals surface area contributed by atoms with E-state index in [0.717, 1.165) is 94.7 Å². The van der Waals surface area contributed by atoms with Crippen LogP contribution in [0.1, 0.15) is 74.8 Å². The molecule has 2 aliphatic rings. The molecule has 0 unspecified atom stereocenters. The highest BCUT2D eigenvalue weighted by molar-refractivity contribution is 6.87. The number of aryl methyl sites for hydroxylation is 1. The standard InChI is InChI=1S/C36H40N8OSi/c1-5-46(6-2,7-3)17-12-29-30(26-18-25-10-8-9-11-27(25)40-20-26)31-32(37)41-23-42-33(31)44(29)36-15-13-35(22-36,14-16-36)43-34(45)28-21-38-24(4)19-39-28/h8-11,18-21,23H,5-7,13-16,22H2,1-4H3,(H,43,45)(H2,37,41,42). The maximum Gasteiger partial charge on any atom is 0.271 e. The smallest absolute Gasteiger partial charge is 0.271 e. The van der Waals surface area contributed by atoms with E-state index in [2.05, 4.69) is 69.2 Å². The fourth-order valence-electron chi connectivity index (χ4n) is 7.87. The van der Waals surface area contributed by atoms with Crippen molar-refractivity contribution >= 4 is 41.7 Å². The molecule has 1 aromatic carbocycles. The van der Waals surface area contributed by atoms with Crippen molar-refractivity contribution in [3.05, 3.63) is 72.3 Å². The van der Waals surface area contributed by atoms with Crippen molar-refractivity contribution in [1.29, 1.82) is 0 Å². The van der Waals surface area contributed by atoms with Gasteiger partial charge in [0.15, 0.2) is 0 Å². The van der Waals surface area contributed by atoms with E-state index in [-0.39, 0.29) is 17.0 Å².